The molecule has 6 nitrogen and oxygen atoms in total. The normalized spacial score (nSPS) is 12.5. The molecule has 0 aromatic heterocycles. The van der Waals surface area contributed by atoms with E-state index in [-0.39, 0.29) is 36.7 Å². The van der Waals surface area contributed by atoms with Crippen molar-refractivity contribution in [3.63, 3.8) is 0 Å². The number of amides is 2. The quantitative estimate of drug-likeness (QED) is 0.586. The summed E-state index contributed by atoms with van der Waals surface area (Å²) in [6.45, 7) is 8.11. The van der Waals surface area contributed by atoms with Crippen molar-refractivity contribution < 1.29 is 14.3 Å². The summed E-state index contributed by atoms with van der Waals surface area (Å²) in [6.07, 6.45) is 1.57. The average molecular weight is 324 g/mol. The van der Waals surface area contributed by atoms with Gasteiger partial charge in [0.1, 0.15) is 12.6 Å². The lowest BCUT2D eigenvalue weighted by molar-refractivity contribution is -0.132. The van der Waals surface area contributed by atoms with Crippen molar-refractivity contribution >= 4 is 24.2 Å². The number of hydrogen-bond acceptors (Lipinski definition) is 4. The topological polar surface area (TPSA) is 93.5 Å². The summed E-state index contributed by atoms with van der Waals surface area (Å²) in [4.78, 5) is 23.7. The highest BCUT2D eigenvalue weighted by atomic mass is 35.5. The van der Waals surface area contributed by atoms with E-state index in [9.17, 15) is 9.59 Å². The van der Waals surface area contributed by atoms with Gasteiger partial charge in [-0.15, -0.1) is 12.4 Å². The maximum atomic E-state index is 12.2. The molecule has 7 heteroatoms. The van der Waals surface area contributed by atoms with Gasteiger partial charge in [0.2, 0.25) is 11.8 Å². The van der Waals surface area contributed by atoms with Crippen LogP contribution in [0.25, 0.3) is 0 Å². The molecule has 0 rings (SSSR count). The average Bonchev–Trinajstić information content (AvgIpc) is 2.41. The van der Waals surface area contributed by atoms with Crippen molar-refractivity contribution in [3.05, 3.63) is 0 Å². The van der Waals surface area contributed by atoms with Crippen molar-refractivity contribution in [2.75, 3.05) is 20.3 Å². The molecule has 0 aliphatic rings. The van der Waals surface area contributed by atoms with Crippen LogP contribution < -0.4 is 16.4 Å². The van der Waals surface area contributed by atoms with Gasteiger partial charge < -0.3 is 21.1 Å². The van der Waals surface area contributed by atoms with E-state index < -0.39 is 11.6 Å². The zero-order valence-corrected chi connectivity index (χ0v) is 14.5. The molecule has 0 bridgehead atoms. The molecule has 0 fully saturated rings. The number of rotatable bonds is 9. The molecule has 2 amide bonds. The number of halogens is 1. The number of ether oxygens (including phenoxy) is 1. The summed E-state index contributed by atoms with van der Waals surface area (Å²) in [5, 5.41) is 5.51. The molecule has 0 aliphatic carbocycles. The molecule has 21 heavy (non-hydrogen) atoms. The van der Waals surface area contributed by atoms with Crippen molar-refractivity contribution in [1.29, 1.82) is 0 Å². The Balaban J connectivity index is 0. The molecule has 0 aromatic rings. The zero-order valence-electron chi connectivity index (χ0n) is 13.7. The molecule has 0 saturated heterocycles. The monoisotopic (exact) mass is 323 g/mol. The molecule has 0 heterocycles. The van der Waals surface area contributed by atoms with Crippen LogP contribution in [0.1, 0.15) is 40.5 Å². The lowest BCUT2D eigenvalue weighted by Crippen LogP contribution is -2.55. The van der Waals surface area contributed by atoms with Gasteiger partial charge >= 0.3 is 0 Å². The molecule has 126 valence electrons. The summed E-state index contributed by atoms with van der Waals surface area (Å²) in [7, 11) is 1.44. The van der Waals surface area contributed by atoms with E-state index in [2.05, 4.69) is 10.6 Å². The van der Waals surface area contributed by atoms with Crippen LogP contribution in [0.5, 0.6) is 0 Å². The Morgan fingerprint density at radius 1 is 1.24 bits per heavy atom. The Morgan fingerprint density at radius 2 is 1.76 bits per heavy atom. The molecule has 0 unspecified atom stereocenters. The van der Waals surface area contributed by atoms with Gasteiger partial charge in [-0.2, -0.15) is 0 Å². The zero-order chi connectivity index (χ0) is 15.8. The molecule has 0 radical (unpaired) electrons. The van der Waals surface area contributed by atoms with E-state index in [1.165, 1.54) is 7.11 Å². The third kappa shape index (κ3) is 8.24. The summed E-state index contributed by atoms with van der Waals surface area (Å²) in [5.74, 6) is -0.515. The standard InChI is InChI=1S/C14H29N3O3.ClH/c1-6-14(15,7-2)9-16-13(19)12(10(3)4)17-11(18)8-20-5;/h10,12H,6-9,15H2,1-5H3,(H,16,19)(H,17,18);1H/t12-;/m0./s1. The fourth-order valence-electron chi connectivity index (χ4n) is 1.75. The molecular formula is C14H30ClN3O3. The van der Waals surface area contributed by atoms with Gasteiger partial charge in [0, 0.05) is 19.2 Å². The first-order valence-corrected chi connectivity index (χ1v) is 7.14. The molecule has 0 aliphatic heterocycles. The second-order valence-corrected chi connectivity index (χ2v) is 5.51. The fraction of sp³-hybridized carbons (Fsp3) is 0.857. The SMILES string of the molecule is CCC(N)(CC)CNC(=O)[C@@H](NC(=O)COC)C(C)C.Cl. The van der Waals surface area contributed by atoms with Crippen molar-refractivity contribution in [2.45, 2.75) is 52.1 Å². The molecule has 4 N–H and O–H groups in total. The summed E-state index contributed by atoms with van der Waals surface area (Å²) >= 11 is 0. The van der Waals surface area contributed by atoms with Crippen molar-refractivity contribution in [1.82, 2.24) is 10.6 Å². The minimum absolute atomic E-state index is 0. The highest BCUT2D eigenvalue weighted by Gasteiger charge is 2.27. The van der Waals surface area contributed by atoms with Gasteiger partial charge in [0.25, 0.3) is 0 Å². The second-order valence-electron chi connectivity index (χ2n) is 5.51. The highest BCUT2D eigenvalue weighted by Crippen LogP contribution is 2.10. The van der Waals surface area contributed by atoms with Gasteiger partial charge in [0.15, 0.2) is 0 Å². The molecule has 0 saturated carbocycles. The molecular weight excluding hydrogens is 294 g/mol. The van der Waals surface area contributed by atoms with E-state index in [1.807, 2.05) is 27.7 Å². The van der Waals surface area contributed by atoms with Crippen LogP contribution in [-0.4, -0.2) is 43.7 Å². The lowest BCUT2D eigenvalue weighted by atomic mass is 9.94. The molecule has 0 aromatic carbocycles. The highest BCUT2D eigenvalue weighted by molar-refractivity contribution is 5.88. The van der Waals surface area contributed by atoms with Crippen LogP contribution in [0.4, 0.5) is 0 Å². The summed E-state index contributed by atoms with van der Waals surface area (Å²) in [6, 6.07) is -0.574. The summed E-state index contributed by atoms with van der Waals surface area (Å²) < 4.78 is 4.75. The van der Waals surface area contributed by atoms with E-state index >= 15 is 0 Å². The van der Waals surface area contributed by atoms with Gasteiger partial charge in [0.05, 0.1) is 0 Å². The Labute approximate surface area is 134 Å². The second kappa shape index (κ2) is 10.8. The first-order chi connectivity index (χ1) is 9.29. The van der Waals surface area contributed by atoms with E-state index in [0.717, 1.165) is 12.8 Å². The van der Waals surface area contributed by atoms with E-state index in [0.29, 0.717) is 6.54 Å². The molecule has 1 atom stereocenters. The fourth-order valence-corrected chi connectivity index (χ4v) is 1.75. The van der Waals surface area contributed by atoms with Crippen LogP contribution in [0.2, 0.25) is 0 Å². The number of methoxy groups -OCH3 is 1. The number of hydrogen-bond donors (Lipinski definition) is 3. The van der Waals surface area contributed by atoms with Crippen LogP contribution >= 0.6 is 12.4 Å². The first-order valence-electron chi connectivity index (χ1n) is 7.14. The minimum atomic E-state index is -0.574. The van der Waals surface area contributed by atoms with Gasteiger partial charge in [-0.3, -0.25) is 9.59 Å². The third-order valence-corrected chi connectivity index (χ3v) is 3.56. The maximum absolute atomic E-state index is 12.2. The van der Waals surface area contributed by atoms with Gasteiger partial charge in [-0.25, -0.2) is 0 Å². The Morgan fingerprint density at radius 3 is 2.14 bits per heavy atom. The molecule has 0 spiro atoms. The van der Waals surface area contributed by atoms with Crippen LogP contribution in [0.15, 0.2) is 0 Å². The first kappa shape index (κ1) is 22.4. The Kier molecular flexibility index (Phi) is 11.6. The minimum Gasteiger partial charge on any atom is -0.375 e. The summed E-state index contributed by atoms with van der Waals surface area (Å²) in [5.41, 5.74) is 5.75. The largest absolute Gasteiger partial charge is 0.375 e. The Bertz CT molecular complexity index is 321. The van der Waals surface area contributed by atoms with E-state index in [4.69, 9.17) is 10.5 Å². The van der Waals surface area contributed by atoms with Gasteiger partial charge in [-0.05, 0) is 18.8 Å². The maximum Gasteiger partial charge on any atom is 0.246 e. The van der Waals surface area contributed by atoms with Gasteiger partial charge in [-0.1, -0.05) is 27.7 Å². The number of carbonyl (C=O) groups excluding carboxylic acids is 2. The Hall–Kier alpha value is -0.850. The lowest BCUT2D eigenvalue weighted by Gasteiger charge is -2.29. The van der Waals surface area contributed by atoms with Crippen molar-refractivity contribution in [3.8, 4) is 0 Å². The predicted octanol–water partition coefficient (Wildman–Crippen LogP) is 0.829. The van der Waals surface area contributed by atoms with Crippen LogP contribution in [0, 0.1) is 5.92 Å². The smallest absolute Gasteiger partial charge is 0.246 e. The number of nitrogens with two attached hydrogens (primary N) is 1. The van der Waals surface area contributed by atoms with Crippen LogP contribution in [0.3, 0.4) is 0 Å². The number of nitrogens with one attached hydrogen (secondary N) is 2. The number of carbonyl (C=O) groups is 2. The van der Waals surface area contributed by atoms with E-state index in [1.54, 1.807) is 0 Å². The van der Waals surface area contributed by atoms with Crippen LogP contribution in [-0.2, 0) is 14.3 Å². The third-order valence-electron chi connectivity index (χ3n) is 3.56. The predicted molar refractivity (Wildman–Crippen MR) is 86.4 cm³/mol. The van der Waals surface area contributed by atoms with Crippen molar-refractivity contribution in [2.24, 2.45) is 11.7 Å².